The van der Waals surface area contributed by atoms with Gasteiger partial charge in [-0.25, -0.2) is 0 Å². The molecule has 0 radical (unpaired) electrons. The van der Waals surface area contributed by atoms with Crippen LogP contribution in [0.5, 0.6) is 0 Å². The lowest BCUT2D eigenvalue weighted by atomic mass is 10.2. The first-order valence-electron chi connectivity index (χ1n) is 5.59. The van der Waals surface area contributed by atoms with Gasteiger partial charge in [-0.3, -0.25) is 14.9 Å². The van der Waals surface area contributed by atoms with Crippen LogP contribution in [-0.4, -0.2) is 17.4 Å². The Morgan fingerprint density at radius 3 is 2.60 bits per heavy atom. The van der Waals surface area contributed by atoms with Gasteiger partial charge in [0, 0.05) is 30.6 Å². The van der Waals surface area contributed by atoms with Gasteiger partial charge in [0.25, 0.3) is 11.6 Å². The molecule has 7 nitrogen and oxygen atoms in total. The second-order valence-corrected chi connectivity index (χ2v) is 3.62. The van der Waals surface area contributed by atoms with Crippen LogP contribution in [0.15, 0.2) is 48.7 Å². The third-order valence-electron chi connectivity index (χ3n) is 2.21. The SMILES string of the molecule is C=CCN/C=C(/C#N)C(=O)Nc1ccc([N+](=O)[O-])cc1. The lowest BCUT2D eigenvalue weighted by Gasteiger charge is -2.04. The van der Waals surface area contributed by atoms with E-state index in [2.05, 4.69) is 17.2 Å². The van der Waals surface area contributed by atoms with Crippen LogP contribution in [0.2, 0.25) is 0 Å². The molecule has 0 unspecified atom stereocenters. The summed E-state index contributed by atoms with van der Waals surface area (Å²) in [5.41, 5.74) is 0.183. The van der Waals surface area contributed by atoms with Crippen LogP contribution in [0.3, 0.4) is 0 Å². The van der Waals surface area contributed by atoms with Crippen molar-refractivity contribution < 1.29 is 9.72 Å². The number of carbonyl (C=O) groups excluding carboxylic acids is 1. The van der Waals surface area contributed by atoms with Crippen LogP contribution in [0, 0.1) is 21.4 Å². The molecule has 1 aromatic rings. The number of hydrogen-bond donors (Lipinski definition) is 2. The van der Waals surface area contributed by atoms with E-state index in [1.54, 1.807) is 12.1 Å². The Morgan fingerprint density at radius 2 is 2.10 bits per heavy atom. The topological polar surface area (TPSA) is 108 Å². The zero-order valence-corrected chi connectivity index (χ0v) is 10.5. The Kier molecular flexibility index (Phi) is 5.47. The molecule has 102 valence electrons. The van der Waals surface area contributed by atoms with Gasteiger partial charge in [-0.15, -0.1) is 6.58 Å². The van der Waals surface area contributed by atoms with Crippen molar-refractivity contribution >= 4 is 17.3 Å². The van der Waals surface area contributed by atoms with E-state index in [0.29, 0.717) is 12.2 Å². The predicted octanol–water partition coefficient (Wildman–Crippen LogP) is 1.72. The third kappa shape index (κ3) is 4.27. The van der Waals surface area contributed by atoms with Gasteiger partial charge in [0.1, 0.15) is 11.6 Å². The number of nitrogens with one attached hydrogen (secondary N) is 2. The van der Waals surface area contributed by atoms with Crippen LogP contribution in [0.25, 0.3) is 0 Å². The number of non-ortho nitro benzene ring substituents is 1. The minimum atomic E-state index is -0.599. The Balaban J connectivity index is 2.74. The van der Waals surface area contributed by atoms with Crippen molar-refractivity contribution in [2.24, 2.45) is 0 Å². The average Bonchev–Trinajstić information content (AvgIpc) is 2.44. The second-order valence-electron chi connectivity index (χ2n) is 3.62. The van der Waals surface area contributed by atoms with Crippen LogP contribution < -0.4 is 10.6 Å². The number of nitrogens with zero attached hydrogens (tertiary/aromatic N) is 2. The fraction of sp³-hybridized carbons (Fsp3) is 0.0769. The quantitative estimate of drug-likeness (QED) is 0.205. The van der Waals surface area contributed by atoms with E-state index in [4.69, 9.17) is 5.26 Å². The lowest BCUT2D eigenvalue weighted by Crippen LogP contribution is -2.16. The molecule has 0 bridgehead atoms. The molecule has 0 saturated carbocycles. The molecule has 0 aromatic heterocycles. The Hall–Kier alpha value is -3.14. The van der Waals surface area contributed by atoms with Crippen LogP contribution in [0.4, 0.5) is 11.4 Å². The number of benzene rings is 1. The van der Waals surface area contributed by atoms with E-state index < -0.39 is 10.8 Å². The number of nitriles is 1. The Bertz CT molecular complexity index is 585. The van der Waals surface area contributed by atoms with Crippen molar-refractivity contribution in [3.63, 3.8) is 0 Å². The maximum atomic E-state index is 11.8. The Morgan fingerprint density at radius 1 is 1.45 bits per heavy atom. The zero-order valence-electron chi connectivity index (χ0n) is 10.5. The minimum Gasteiger partial charge on any atom is -0.386 e. The molecule has 0 atom stereocenters. The molecule has 1 amide bonds. The zero-order chi connectivity index (χ0) is 15.0. The van der Waals surface area contributed by atoms with Crippen LogP contribution >= 0.6 is 0 Å². The van der Waals surface area contributed by atoms with E-state index in [1.165, 1.54) is 30.5 Å². The van der Waals surface area contributed by atoms with Crippen molar-refractivity contribution in [2.75, 3.05) is 11.9 Å². The predicted molar refractivity (Wildman–Crippen MR) is 73.6 cm³/mol. The summed E-state index contributed by atoms with van der Waals surface area (Å²) in [6, 6.07) is 7.07. The summed E-state index contributed by atoms with van der Waals surface area (Å²) in [5.74, 6) is -0.599. The maximum Gasteiger partial charge on any atom is 0.269 e. The summed E-state index contributed by atoms with van der Waals surface area (Å²) < 4.78 is 0. The summed E-state index contributed by atoms with van der Waals surface area (Å²) >= 11 is 0. The molecule has 20 heavy (non-hydrogen) atoms. The molecule has 0 heterocycles. The van der Waals surface area contributed by atoms with Gasteiger partial charge in [-0.2, -0.15) is 5.26 Å². The Labute approximate surface area is 115 Å². The third-order valence-corrected chi connectivity index (χ3v) is 2.21. The van der Waals surface area contributed by atoms with Gasteiger partial charge < -0.3 is 10.6 Å². The highest BCUT2D eigenvalue weighted by Crippen LogP contribution is 2.15. The molecule has 0 aliphatic rings. The van der Waals surface area contributed by atoms with Gasteiger partial charge >= 0.3 is 0 Å². The van der Waals surface area contributed by atoms with Gasteiger partial charge in [0.2, 0.25) is 0 Å². The van der Waals surface area contributed by atoms with Crippen molar-refractivity contribution in [1.29, 1.82) is 5.26 Å². The first-order valence-corrected chi connectivity index (χ1v) is 5.59. The van der Waals surface area contributed by atoms with Crippen LogP contribution in [-0.2, 0) is 4.79 Å². The highest BCUT2D eigenvalue weighted by molar-refractivity contribution is 6.06. The fourth-order valence-electron chi connectivity index (χ4n) is 1.26. The molecule has 0 aliphatic heterocycles. The van der Waals surface area contributed by atoms with Gasteiger partial charge in [0.15, 0.2) is 0 Å². The largest absolute Gasteiger partial charge is 0.386 e. The maximum absolute atomic E-state index is 11.8. The molecule has 0 spiro atoms. The molecular formula is C13H12N4O3. The standard InChI is InChI=1S/C13H12N4O3/c1-2-7-15-9-10(8-14)13(18)16-11-3-5-12(6-4-11)17(19)20/h2-6,9,15H,1,7H2,(H,16,18)/b10-9-. The molecule has 0 saturated heterocycles. The highest BCUT2D eigenvalue weighted by Gasteiger charge is 2.10. The number of hydrogen-bond acceptors (Lipinski definition) is 5. The number of nitro benzene ring substituents is 1. The second kappa shape index (κ2) is 7.33. The molecule has 1 rings (SSSR count). The summed E-state index contributed by atoms with van der Waals surface area (Å²) in [6.07, 6.45) is 2.86. The minimum absolute atomic E-state index is 0.0771. The number of rotatable bonds is 6. The summed E-state index contributed by atoms with van der Waals surface area (Å²) in [6.45, 7) is 3.91. The van der Waals surface area contributed by atoms with E-state index >= 15 is 0 Å². The summed E-state index contributed by atoms with van der Waals surface area (Å²) in [5, 5.41) is 24.5. The monoisotopic (exact) mass is 272 g/mol. The van der Waals surface area contributed by atoms with Crippen molar-refractivity contribution in [3.05, 3.63) is 58.8 Å². The molecule has 0 fully saturated rings. The fourth-order valence-corrected chi connectivity index (χ4v) is 1.26. The van der Waals surface area contributed by atoms with Crippen molar-refractivity contribution in [2.45, 2.75) is 0 Å². The number of anilines is 1. The summed E-state index contributed by atoms with van der Waals surface area (Å²) in [7, 11) is 0. The molecular weight excluding hydrogens is 260 g/mol. The van der Waals surface area contributed by atoms with E-state index in [1.807, 2.05) is 0 Å². The highest BCUT2D eigenvalue weighted by atomic mass is 16.6. The molecule has 1 aromatic carbocycles. The summed E-state index contributed by atoms with van der Waals surface area (Å²) in [4.78, 5) is 21.7. The first-order chi connectivity index (χ1) is 9.58. The normalized spacial score (nSPS) is 10.2. The van der Waals surface area contributed by atoms with Crippen LogP contribution in [0.1, 0.15) is 0 Å². The van der Waals surface area contributed by atoms with Gasteiger partial charge in [-0.1, -0.05) is 6.08 Å². The van der Waals surface area contributed by atoms with E-state index in [9.17, 15) is 14.9 Å². The smallest absolute Gasteiger partial charge is 0.269 e. The van der Waals surface area contributed by atoms with Crippen molar-refractivity contribution in [3.8, 4) is 6.07 Å². The molecule has 2 N–H and O–H groups in total. The number of amides is 1. The molecule has 7 heteroatoms. The molecule has 0 aliphatic carbocycles. The number of nitro groups is 1. The van der Waals surface area contributed by atoms with E-state index in [0.717, 1.165) is 0 Å². The first kappa shape index (κ1) is 14.9. The number of carbonyl (C=O) groups is 1. The van der Waals surface area contributed by atoms with Gasteiger partial charge in [0.05, 0.1) is 4.92 Å². The average molecular weight is 272 g/mol. The van der Waals surface area contributed by atoms with Crippen molar-refractivity contribution in [1.82, 2.24) is 5.32 Å². The van der Waals surface area contributed by atoms with E-state index in [-0.39, 0.29) is 11.3 Å². The lowest BCUT2D eigenvalue weighted by molar-refractivity contribution is -0.384. The van der Waals surface area contributed by atoms with Gasteiger partial charge in [-0.05, 0) is 12.1 Å².